The first kappa shape index (κ1) is 27.3. The van der Waals surface area contributed by atoms with Crippen molar-refractivity contribution in [3.63, 3.8) is 0 Å². The van der Waals surface area contributed by atoms with E-state index < -0.39 is 11.7 Å². The minimum atomic E-state index is -0.503. The number of methoxy groups -OCH3 is 1. The molecular formula is C31H29F2N3O3. The van der Waals surface area contributed by atoms with Crippen molar-refractivity contribution in [3.05, 3.63) is 125 Å². The number of rotatable bonds is 9. The monoisotopic (exact) mass is 529 g/mol. The number of benzene rings is 4. The van der Waals surface area contributed by atoms with Gasteiger partial charge in [0.1, 0.15) is 17.4 Å². The SMILES string of the molecule is COc1ccc(C(=O)N(Cc2cccc(F)c2)Cc2cc(NC(=O)c3cccc(F)c3)ccc2N(C)C)cc1. The molecule has 1 N–H and O–H groups in total. The van der Waals surface area contributed by atoms with E-state index in [4.69, 9.17) is 4.74 Å². The highest BCUT2D eigenvalue weighted by Gasteiger charge is 2.20. The first-order chi connectivity index (χ1) is 18.7. The van der Waals surface area contributed by atoms with E-state index in [0.717, 1.165) is 11.3 Å². The second-order valence-corrected chi connectivity index (χ2v) is 9.22. The molecule has 4 aromatic carbocycles. The molecule has 0 spiro atoms. The van der Waals surface area contributed by atoms with Crippen LogP contribution in [0.4, 0.5) is 20.2 Å². The van der Waals surface area contributed by atoms with Crippen LogP contribution in [0.3, 0.4) is 0 Å². The second kappa shape index (κ2) is 12.2. The number of ether oxygens (including phenoxy) is 1. The van der Waals surface area contributed by atoms with Crippen molar-refractivity contribution in [2.75, 3.05) is 31.4 Å². The lowest BCUT2D eigenvalue weighted by Gasteiger charge is -2.27. The topological polar surface area (TPSA) is 61.9 Å². The molecule has 0 aliphatic heterocycles. The normalized spacial score (nSPS) is 10.6. The summed E-state index contributed by atoms with van der Waals surface area (Å²) >= 11 is 0. The summed E-state index contributed by atoms with van der Waals surface area (Å²) in [6.07, 6.45) is 0. The average Bonchev–Trinajstić information content (AvgIpc) is 2.92. The Balaban J connectivity index is 1.67. The van der Waals surface area contributed by atoms with Gasteiger partial charge in [0.25, 0.3) is 11.8 Å². The van der Waals surface area contributed by atoms with E-state index in [0.29, 0.717) is 22.6 Å². The lowest BCUT2D eigenvalue weighted by molar-refractivity contribution is 0.0730. The highest BCUT2D eigenvalue weighted by molar-refractivity contribution is 6.04. The molecule has 0 saturated carbocycles. The predicted octanol–water partition coefficient (Wildman–Crippen LogP) is 6.13. The highest BCUT2D eigenvalue weighted by Crippen LogP contribution is 2.27. The van der Waals surface area contributed by atoms with E-state index in [-0.39, 0.29) is 30.4 Å². The van der Waals surface area contributed by atoms with Crippen LogP contribution in [0.2, 0.25) is 0 Å². The van der Waals surface area contributed by atoms with Crippen LogP contribution in [0, 0.1) is 11.6 Å². The Bertz CT molecular complexity index is 1470. The first-order valence-corrected chi connectivity index (χ1v) is 12.3. The third kappa shape index (κ3) is 6.98. The fourth-order valence-corrected chi connectivity index (χ4v) is 4.24. The van der Waals surface area contributed by atoms with Gasteiger partial charge < -0.3 is 19.9 Å². The summed E-state index contributed by atoms with van der Waals surface area (Å²) in [7, 11) is 5.31. The van der Waals surface area contributed by atoms with Gasteiger partial charge in [0, 0.05) is 49.7 Å². The molecule has 4 aromatic rings. The zero-order chi connectivity index (χ0) is 27.9. The van der Waals surface area contributed by atoms with E-state index in [1.165, 1.54) is 36.4 Å². The molecule has 8 heteroatoms. The van der Waals surface area contributed by atoms with Gasteiger partial charge in [-0.2, -0.15) is 0 Å². The van der Waals surface area contributed by atoms with Crippen molar-refractivity contribution in [3.8, 4) is 5.75 Å². The van der Waals surface area contributed by atoms with E-state index in [1.54, 1.807) is 60.5 Å². The van der Waals surface area contributed by atoms with Crippen molar-refractivity contribution < 1.29 is 23.1 Å². The molecule has 0 atom stereocenters. The summed E-state index contributed by atoms with van der Waals surface area (Å²) < 4.78 is 32.8. The van der Waals surface area contributed by atoms with Gasteiger partial charge in [0.05, 0.1) is 7.11 Å². The number of hydrogen-bond acceptors (Lipinski definition) is 4. The third-order valence-electron chi connectivity index (χ3n) is 6.15. The standard InChI is InChI=1S/C31H29F2N3O3/c1-35(2)29-15-12-27(34-30(37)23-7-5-9-26(33)17-23)18-24(29)20-36(19-21-6-4-8-25(32)16-21)31(38)22-10-13-28(39-3)14-11-22/h4-18H,19-20H2,1-3H3,(H,34,37). The molecule has 0 radical (unpaired) electrons. The quantitative estimate of drug-likeness (QED) is 0.283. The second-order valence-electron chi connectivity index (χ2n) is 9.22. The number of nitrogens with zero attached hydrogens (tertiary/aromatic N) is 2. The summed E-state index contributed by atoms with van der Waals surface area (Å²) in [6.45, 7) is 0.341. The zero-order valence-corrected chi connectivity index (χ0v) is 21.9. The summed E-state index contributed by atoms with van der Waals surface area (Å²) in [6, 6.07) is 23.7. The Labute approximate surface area is 226 Å². The van der Waals surface area contributed by atoms with Crippen LogP contribution >= 0.6 is 0 Å². The lowest BCUT2D eigenvalue weighted by atomic mass is 10.1. The minimum Gasteiger partial charge on any atom is -0.497 e. The smallest absolute Gasteiger partial charge is 0.255 e. The van der Waals surface area contributed by atoms with Gasteiger partial charge in [-0.05, 0) is 83.9 Å². The Hall–Kier alpha value is -4.72. The van der Waals surface area contributed by atoms with Gasteiger partial charge in [-0.15, -0.1) is 0 Å². The number of carbonyl (C=O) groups is 2. The van der Waals surface area contributed by atoms with Crippen molar-refractivity contribution in [1.29, 1.82) is 0 Å². The van der Waals surface area contributed by atoms with Crippen molar-refractivity contribution >= 4 is 23.2 Å². The van der Waals surface area contributed by atoms with Crippen LogP contribution in [-0.4, -0.2) is 37.9 Å². The van der Waals surface area contributed by atoms with Crippen molar-refractivity contribution in [1.82, 2.24) is 4.90 Å². The van der Waals surface area contributed by atoms with Crippen LogP contribution in [0.5, 0.6) is 5.75 Å². The van der Waals surface area contributed by atoms with E-state index >= 15 is 0 Å². The van der Waals surface area contributed by atoms with E-state index in [2.05, 4.69) is 5.32 Å². The number of nitrogens with one attached hydrogen (secondary N) is 1. The molecule has 39 heavy (non-hydrogen) atoms. The Morgan fingerprint density at radius 2 is 1.49 bits per heavy atom. The summed E-state index contributed by atoms with van der Waals surface area (Å²) in [5.41, 5.74) is 3.37. The molecule has 0 fully saturated rings. The molecule has 200 valence electrons. The summed E-state index contributed by atoms with van der Waals surface area (Å²) in [4.78, 5) is 29.9. The number of anilines is 2. The number of halogens is 2. The maximum atomic E-state index is 14.0. The predicted molar refractivity (Wildman–Crippen MR) is 148 cm³/mol. The molecule has 4 rings (SSSR count). The van der Waals surface area contributed by atoms with Crippen LogP contribution in [-0.2, 0) is 13.1 Å². The van der Waals surface area contributed by atoms with Gasteiger partial charge in [-0.25, -0.2) is 8.78 Å². The Kier molecular flexibility index (Phi) is 8.56. The first-order valence-electron chi connectivity index (χ1n) is 12.3. The van der Waals surface area contributed by atoms with Crippen molar-refractivity contribution in [2.24, 2.45) is 0 Å². The molecule has 0 bridgehead atoms. The van der Waals surface area contributed by atoms with Gasteiger partial charge >= 0.3 is 0 Å². The van der Waals surface area contributed by atoms with Gasteiger partial charge in [0.15, 0.2) is 0 Å². The average molecular weight is 530 g/mol. The zero-order valence-electron chi connectivity index (χ0n) is 21.9. The van der Waals surface area contributed by atoms with Crippen LogP contribution in [0.1, 0.15) is 31.8 Å². The molecule has 0 aliphatic carbocycles. The maximum Gasteiger partial charge on any atom is 0.255 e. The number of amides is 2. The van der Waals surface area contributed by atoms with Crippen molar-refractivity contribution in [2.45, 2.75) is 13.1 Å². The Morgan fingerprint density at radius 3 is 2.13 bits per heavy atom. The third-order valence-corrected chi connectivity index (χ3v) is 6.15. The lowest BCUT2D eigenvalue weighted by Crippen LogP contribution is -2.31. The summed E-state index contributed by atoms with van der Waals surface area (Å²) in [5.74, 6) is -0.971. The summed E-state index contributed by atoms with van der Waals surface area (Å²) in [5, 5.41) is 2.80. The van der Waals surface area contributed by atoms with Gasteiger partial charge in [-0.1, -0.05) is 18.2 Å². The molecular weight excluding hydrogens is 500 g/mol. The van der Waals surface area contributed by atoms with Gasteiger partial charge in [-0.3, -0.25) is 9.59 Å². The Morgan fingerprint density at radius 1 is 0.795 bits per heavy atom. The fourth-order valence-electron chi connectivity index (χ4n) is 4.24. The largest absolute Gasteiger partial charge is 0.497 e. The number of hydrogen-bond donors (Lipinski definition) is 1. The maximum absolute atomic E-state index is 14.0. The van der Waals surface area contributed by atoms with Crippen LogP contribution in [0.15, 0.2) is 91.0 Å². The molecule has 0 aliphatic rings. The molecule has 0 heterocycles. The van der Waals surface area contributed by atoms with Gasteiger partial charge in [0.2, 0.25) is 0 Å². The van der Waals surface area contributed by atoms with E-state index in [9.17, 15) is 18.4 Å². The number of carbonyl (C=O) groups excluding carboxylic acids is 2. The molecule has 0 saturated heterocycles. The fraction of sp³-hybridized carbons (Fsp3) is 0.161. The van der Waals surface area contributed by atoms with E-state index in [1.807, 2.05) is 25.1 Å². The molecule has 6 nitrogen and oxygen atoms in total. The minimum absolute atomic E-state index is 0.162. The van der Waals surface area contributed by atoms with Crippen LogP contribution in [0.25, 0.3) is 0 Å². The highest BCUT2D eigenvalue weighted by atomic mass is 19.1. The molecule has 0 unspecified atom stereocenters. The van der Waals surface area contributed by atoms with Crippen LogP contribution < -0.4 is 15.0 Å². The molecule has 0 aromatic heterocycles. The molecule has 2 amide bonds.